The third-order valence-electron chi connectivity index (χ3n) is 12.2. The van der Waals surface area contributed by atoms with Gasteiger partial charge in [-0.3, -0.25) is 48.1 Å². The Morgan fingerprint density at radius 3 is 1.82 bits per heavy atom. The monoisotopic (exact) mass is 1030 g/mol. The zero-order chi connectivity index (χ0) is 54.4. The van der Waals surface area contributed by atoms with E-state index in [4.69, 9.17) is 22.9 Å². The van der Waals surface area contributed by atoms with Crippen LogP contribution in [-0.2, 0) is 54.4 Å². The molecule has 9 amide bonds. The van der Waals surface area contributed by atoms with Gasteiger partial charge in [-0.1, -0.05) is 52.3 Å². The minimum absolute atomic E-state index is 0.0190. The molecule has 9 atom stereocenters. The van der Waals surface area contributed by atoms with Gasteiger partial charge in [-0.05, 0) is 75.0 Å². The molecule has 0 saturated carbocycles. The number of aromatic amines is 1. The van der Waals surface area contributed by atoms with Gasteiger partial charge >= 0.3 is 5.97 Å². The van der Waals surface area contributed by atoms with Gasteiger partial charge in [0.2, 0.25) is 53.2 Å². The van der Waals surface area contributed by atoms with Crippen LogP contribution in [0.1, 0.15) is 97.5 Å². The maximum atomic E-state index is 14.3. The lowest BCUT2D eigenvalue weighted by Gasteiger charge is -2.29. The average Bonchev–Trinajstić information content (AvgIpc) is 4.03. The Morgan fingerprint density at radius 1 is 0.699 bits per heavy atom. The highest BCUT2D eigenvalue weighted by Gasteiger charge is 2.36. The van der Waals surface area contributed by atoms with Crippen molar-refractivity contribution in [2.24, 2.45) is 39.8 Å². The highest BCUT2D eigenvalue weighted by molar-refractivity contribution is 5.98. The summed E-state index contributed by atoms with van der Waals surface area (Å²) in [6.45, 7) is 6.62. The number of aliphatic imine (C=N–C) groups is 1. The van der Waals surface area contributed by atoms with E-state index in [0.29, 0.717) is 35.9 Å². The zero-order valence-electron chi connectivity index (χ0n) is 41.8. The third kappa shape index (κ3) is 20.0. The molecule has 3 rings (SSSR count). The maximum absolute atomic E-state index is 14.3. The Morgan fingerprint density at radius 2 is 1.25 bits per heavy atom. The number of H-pyrrole nitrogens is 1. The number of guanidine groups is 1. The van der Waals surface area contributed by atoms with Gasteiger partial charge in [0, 0.05) is 42.9 Å². The fourth-order valence-corrected chi connectivity index (χ4v) is 7.99. The summed E-state index contributed by atoms with van der Waals surface area (Å²) < 4.78 is 0. The molecule has 19 N–H and O–H groups in total. The lowest BCUT2D eigenvalue weighted by Crippen LogP contribution is -2.61. The van der Waals surface area contributed by atoms with Gasteiger partial charge in [0.05, 0.1) is 12.6 Å². The zero-order valence-corrected chi connectivity index (χ0v) is 41.8. The molecule has 1 aliphatic rings. The molecule has 404 valence electrons. The van der Waals surface area contributed by atoms with Gasteiger partial charge in [-0.2, -0.15) is 0 Å². The van der Waals surface area contributed by atoms with Crippen LogP contribution in [0.15, 0.2) is 35.5 Å². The summed E-state index contributed by atoms with van der Waals surface area (Å²) in [5, 5.41) is 41.9. The van der Waals surface area contributed by atoms with Crippen LogP contribution in [0.5, 0.6) is 0 Å². The van der Waals surface area contributed by atoms with Gasteiger partial charge in [-0.15, -0.1) is 0 Å². The van der Waals surface area contributed by atoms with Crippen molar-refractivity contribution in [1.82, 2.24) is 47.5 Å². The van der Waals surface area contributed by atoms with Gasteiger partial charge in [0.15, 0.2) is 5.96 Å². The number of carboxylic acids is 1. The third-order valence-corrected chi connectivity index (χ3v) is 12.2. The molecule has 1 fully saturated rings. The number of nitrogens with zero attached hydrogens (tertiary/aromatic N) is 1. The number of benzene rings is 1. The Bertz CT molecular complexity index is 2280. The molecule has 1 aromatic heterocycles. The molecule has 0 bridgehead atoms. The number of carboxylic acid groups (broad SMARTS) is 1. The van der Waals surface area contributed by atoms with Gasteiger partial charge in [0.25, 0.3) is 0 Å². The van der Waals surface area contributed by atoms with Crippen molar-refractivity contribution in [2.45, 2.75) is 147 Å². The van der Waals surface area contributed by atoms with Crippen LogP contribution in [0, 0.1) is 11.8 Å². The average molecular weight is 1030 g/mol. The van der Waals surface area contributed by atoms with Gasteiger partial charge < -0.3 is 80.7 Å². The molecule has 73 heavy (non-hydrogen) atoms. The number of aromatic nitrogens is 1. The number of rotatable bonds is 32. The van der Waals surface area contributed by atoms with Crippen molar-refractivity contribution in [2.75, 3.05) is 19.7 Å². The highest BCUT2D eigenvalue weighted by atomic mass is 16.4. The summed E-state index contributed by atoms with van der Waals surface area (Å²) in [7, 11) is 0. The molecular formula is C47H74N14O12. The number of fused-ring (bicyclic) bond motifs is 1. The second-order valence-electron chi connectivity index (χ2n) is 18.6. The van der Waals surface area contributed by atoms with Gasteiger partial charge in [-0.25, -0.2) is 4.79 Å². The number of aliphatic hydroxyl groups excluding tert-OH is 1. The first-order valence-electron chi connectivity index (χ1n) is 24.4. The molecule has 0 radical (unpaired) electrons. The number of carbonyl (C=O) groups excluding carboxylic acids is 9. The van der Waals surface area contributed by atoms with Crippen LogP contribution >= 0.6 is 0 Å². The Balaban J connectivity index is 1.89. The summed E-state index contributed by atoms with van der Waals surface area (Å²) in [5.74, 6) is -9.90. The predicted octanol–water partition coefficient (Wildman–Crippen LogP) is -3.39. The van der Waals surface area contributed by atoms with E-state index >= 15 is 0 Å². The first-order chi connectivity index (χ1) is 34.5. The molecule has 1 aliphatic heterocycles. The first-order valence-corrected chi connectivity index (χ1v) is 24.4. The summed E-state index contributed by atoms with van der Waals surface area (Å²) in [4.78, 5) is 139. The fraction of sp³-hybridized carbons (Fsp3) is 0.596. The van der Waals surface area contributed by atoms with Crippen LogP contribution in [0.25, 0.3) is 10.9 Å². The SMILES string of the molecule is CC[C@H](C)[C@H](NC(=O)[C@H](CCC(N)=O)NC(=O)[C@@H]1CCCN1)C(=O)N[C@@H](CO)C(=O)N[C@@H](CC(C)C)C(=O)N[C@@H](Cc1c[nH]c2ccccc12)C(=O)N[C@@H](CCC(N)=O)C(=O)N[C@@H](CCCN=C(N)N)C(=O)O. The van der Waals surface area contributed by atoms with E-state index in [-0.39, 0.29) is 63.4 Å². The lowest BCUT2D eigenvalue weighted by molar-refractivity contribution is -0.142. The molecular weight excluding hydrogens is 953 g/mol. The normalized spacial score (nSPS) is 16.5. The van der Waals surface area contributed by atoms with Crippen LogP contribution in [0.3, 0.4) is 0 Å². The topological polar surface area (TPSA) is 440 Å². The Kier molecular flexibility index (Phi) is 24.5. The van der Waals surface area contributed by atoms with E-state index in [1.165, 1.54) is 0 Å². The van der Waals surface area contributed by atoms with E-state index in [1.807, 2.05) is 0 Å². The molecule has 2 heterocycles. The number of carbonyl (C=O) groups is 10. The Labute approximate surface area is 422 Å². The second kappa shape index (κ2) is 29.9. The predicted molar refractivity (Wildman–Crippen MR) is 267 cm³/mol. The lowest BCUT2D eigenvalue weighted by atomic mass is 9.97. The van der Waals surface area contributed by atoms with Gasteiger partial charge in [0.1, 0.15) is 42.3 Å². The van der Waals surface area contributed by atoms with Crippen molar-refractivity contribution in [3.8, 4) is 0 Å². The largest absolute Gasteiger partial charge is 0.480 e. The smallest absolute Gasteiger partial charge is 0.326 e. The van der Waals surface area contributed by atoms with Crippen LogP contribution in [0.2, 0.25) is 0 Å². The number of primary amides is 2. The van der Waals surface area contributed by atoms with E-state index in [1.54, 1.807) is 58.2 Å². The number of hydrogen-bond acceptors (Lipinski definition) is 13. The maximum Gasteiger partial charge on any atom is 0.326 e. The van der Waals surface area contributed by atoms with Crippen molar-refractivity contribution in [3.05, 3.63) is 36.0 Å². The number of nitrogens with two attached hydrogens (primary N) is 4. The molecule has 2 aromatic rings. The highest BCUT2D eigenvalue weighted by Crippen LogP contribution is 2.20. The summed E-state index contributed by atoms with van der Waals surface area (Å²) in [6, 6.07) is -3.54. The van der Waals surface area contributed by atoms with Crippen LogP contribution in [0.4, 0.5) is 0 Å². The van der Waals surface area contributed by atoms with Crippen molar-refractivity contribution in [1.29, 1.82) is 0 Å². The first kappa shape index (κ1) is 60.0. The number of nitrogens with one attached hydrogen (secondary N) is 9. The van der Waals surface area contributed by atoms with Crippen molar-refractivity contribution < 1.29 is 58.2 Å². The molecule has 0 aliphatic carbocycles. The standard InChI is InChI=1S/C47H74N14O12/c1-5-25(4)38(61-41(67)31(15-17-37(49)64)55-39(65)29-12-8-18-52-29)45(71)60-35(23-62)44(70)58-33(20-24(2)3)42(68)59-34(21-26-22-54-28-11-7-6-10-27(26)28)43(69)56-30(14-16-36(48)63)40(66)57-32(46(72)73)13-9-19-53-47(50)51/h6-7,10-11,22,24-25,29-35,38,52,54,62H,5,8-9,12-21,23H2,1-4H3,(H2,48,63)(H2,49,64)(H,55,65)(H,56,69)(H,57,66)(H,58,70)(H,59,68)(H,60,71)(H,61,67)(H,72,73)(H4,50,51,53)/t25-,29-,30-,31-,32-,33-,34-,35-,38-/m0/s1. The quantitative estimate of drug-likeness (QED) is 0.0193. The van der Waals surface area contributed by atoms with E-state index < -0.39 is 126 Å². The number of aliphatic hydroxyl groups is 1. The number of hydrogen-bond donors (Lipinski definition) is 15. The summed E-state index contributed by atoms with van der Waals surface area (Å²) in [5.41, 5.74) is 22.7. The molecule has 1 saturated heterocycles. The van der Waals surface area contributed by atoms with E-state index in [9.17, 15) is 58.2 Å². The van der Waals surface area contributed by atoms with Crippen LogP contribution < -0.4 is 65.5 Å². The second-order valence-corrected chi connectivity index (χ2v) is 18.6. The van der Waals surface area contributed by atoms with Crippen LogP contribution in [-0.4, -0.2) is 148 Å². The van der Waals surface area contributed by atoms with Crippen molar-refractivity contribution in [3.63, 3.8) is 0 Å². The molecule has 26 heteroatoms. The summed E-state index contributed by atoms with van der Waals surface area (Å²) >= 11 is 0. The minimum atomic E-state index is -1.67. The van der Waals surface area contributed by atoms with Crippen molar-refractivity contribution >= 4 is 76.0 Å². The number of amides is 9. The molecule has 1 aromatic carbocycles. The molecule has 26 nitrogen and oxygen atoms in total. The summed E-state index contributed by atoms with van der Waals surface area (Å²) in [6.07, 6.45) is 1.93. The van der Waals surface area contributed by atoms with E-state index in [0.717, 1.165) is 6.42 Å². The van der Waals surface area contributed by atoms with E-state index in [2.05, 4.69) is 52.5 Å². The number of aliphatic carboxylic acids is 1. The Hall–Kier alpha value is -7.35. The molecule has 0 unspecified atom stereocenters. The molecule has 0 spiro atoms. The fourth-order valence-electron chi connectivity index (χ4n) is 7.99. The number of para-hydroxylation sites is 1. The minimum Gasteiger partial charge on any atom is -0.480 e.